The van der Waals surface area contributed by atoms with E-state index < -0.39 is 70.1 Å². The molecule has 0 saturated carbocycles. The largest absolute Gasteiger partial charge is 0.491 e. The van der Waals surface area contributed by atoms with Crippen LogP contribution in [0.2, 0.25) is 0 Å². The molecule has 2 aliphatic rings. The van der Waals surface area contributed by atoms with Gasteiger partial charge in [0.15, 0.2) is 5.11 Å². The third-order valence-electron chi connectivity index (χ3n) is 11.8. The molecule has 4 aromatic rings. The lowest BCUT2D eigenvalue weighted by Crippen LogP contribution is -2.58. The number of ether oxygens (including phenoxy) is 4. The molecule has 0 spiro atoms. The highest BCUT2D eigenvalue weighted by molar-refractivity contribution is 7.81. The van der Waals surface area contributed by atoms with Crippen molar-refractivity contribution in [3.05, 3.63) is 94.6 Å². The predicted molar refractivity (Wildman–Crippen MR) is 263 cm³/mol. The molecule has 3 atom stereocenters. The highest BCUT2D eigenvalue weighted by atomic mass is 32.1. The maximum Gasteiger partial charge on any atom is 0.417 e. The number of benzene rings is 3. The van der Waals surface area contributed by atoms with Crippen molar-refractivity contribution in [3.8, 4) is 22.3 Å². The van der Waals surface area contributed by atoms with Gasteiger partial charge in [0.05, 0.1) is 64.9 Å². The van der Waals surface area contributed by atoms with Crippen molar-refractivity contribution in [3.63, 3.8) is 0 Å². The van der Waals surface area contributed by atoms with Crippen LogP contribution < -0.4 is 25.2 Å². The zero-order valence-corrected chi connectivity index (χ0v) is 42.0. The van der Waals surface area contributed by atoms with Crippen LogP contribution in [-0.4, -0.2) is 120 Å². The number of rotatable bonds is 21. The molecule has 0 bridgehead atoms. The van der Waals surface area contributed by atoms with Gasteiger partial charge in [-0.15, -0.1) is 11.3 Å². The summed E-state index contributed by atoms with van der Waals surface area (Å²) in [7, 11) is 0. The van der Waals surface area contributed by atoms with E-state index in [1.165, 1.54) is 17.0 Å². The molecule has 3 heterocycles. The third-order valence-corrected chi connectivity index (χ3v) is 13.2. The summed E-state index contributed by atoms with van der Waals surface area (Å²) in [4.78, 5) is 63.1. The smallest absolute Gasteiger partial charge is 0.417 e. The molecule has 1 aromatic heterocycles. The molecule has 2 aliphatic heterocycles. The van der Waals surface area contributed by atoms with E-state index in [-0.39, 0.29) is 63.3 Å². The van der Waals surface area contributed by atoms with Crippen LogP contribution in [0.15, 0.2) is 72.2 Å². The van der Waals surface area contributed by atoms with E-state index in [4.69, 9.17) is 31.2 Å². The number of nitrogens with zero attached hydrogens (tertiary/aromatic N) is 5. The van der Waals surface area contributed by atoms with Crippen LogP contribution in [0, 0.1) is 23.7 Å². The zero-order chi connectivity index (χ0) is 51.7. The van der Waals surface area contributed by atoms with Crippen LogP contribution >= 0.6 is 23.6 Å². The summed E-state index contributed by atoms with van der Waals surface area (Å²) in [5, 5.41) is 25.4. The van der Waals surface area contributed by atoms with Crippen molar-refractivity contribution in [2.75, 3.05) is 62.6 Å². The van der Waals surface area contributed by atoms with Gasteiger partial charge in [-0.05, 0) is 98.4 Å². The van der Waals surface area contributed by atoms with Gasteiger partial charge in [0.2, 0.25) is 17.7 Å². The number of aryl methyl sites for hydroxylation is 1. The van der Waals surface area contributed by atoms with E-state index in [1.54, 1.807) is 80.6 Å². The van der Waals surface area contributed by atoms with E-state index in [0.717, 1.165) is 38.7 Å². The first-order valence-corrected chi connectivity index (χ1v) is 24.2. The van der Waals surface area contributed by atoms with Crippen LogP contribution in [0.1, 0.15) is 69.8 Å². The molecular weight excluding hydrogens is 964 g/mol. The summed E-state index contributed by atoms with van der Waals surface area (Å²) in [6, 6.07) is 17.2. The second kappa shape index (κ2) is 23.5. The van der Waals surface area contributed by atoms with E-state index in [9.17, 15) is 42.7 Å². The number of hydrogen-bond donors (Lipinski definition) is 3. The predicted octanol–water partition coefficient (Wildman–Crippen LogP) is 6.55. The molecule has 380 valence electrons. The van der Waals surface area contributed by atoms with Crippen LogP contribution in [-0.2, 0) is 46.1 Å². The van der Waals surface area contributed by atoms with Crippen LogP contribution in [0.4, 0.5) is 24.5 Å². The van der Waals surface area contributed by atoms with Crippen molar-refractivity contribution in [1.29, 1.82) is 5.26 Å². The Kier molecular flexibility index (Phi) is 18.0. The lowest BCUT2D eigenvalue weighted by Gasteiger charge is -2.35. The van der Waals surface area contributed by atoms with Gasteiger partial charge in [-0.1, -0.05) is 45.0 Å². The monoisotopic (exact) mass is 1020 g/mol. The Balaban J connectivity index is 0.851. The fourth-order valence-corrected chi connectivity index (χ4v) is 9.44. The quantitative estimate of drug-likeness (QED) is 0.0601. The fraction of sp³-hybridized carbons (Fsp3) is 0.460. The Hall–Kier alpha value is -6.02. The van der Waals surface area contributed by atoms with Gasteiger partial charge in [0.1, 0.15) is 36.6 Å². The fourth-order valence-electron chi connectivity index (χ4n) is 8.10. The minimum Gasteiger partial charge on any atom is -0.491 e. The van der Waals surface area contributed by atoms with Crippen molar-refractivity contribution in [2.24, 2.45) is 5.41 Å². The number of alkyl halides is 3. The number of carbonyl (C=O) groups is 4. The summed E-state index contributed by atoms with van der Waals surface area (Å²) in [5.41, 5.74) is 1.39. The SMILES string of the molecule is Cc1ncsc1-c1ccc(CNC(=O)[C@@H]2C[C@@H](O)CN2C(=O)C(NC(=O)COCCOCCCOCCOc2ccc(N3C(=S)N(c4ccc(C#N)c(C(F)(F)F)c4)C(=O)C3(C)C)cc2)C(C)(C)C)cc1. The number of nitrogens with one attached hydrogen (secondary N) is 2. The highest BCUT2D eigenvalue weighted by Gasteiger charge is 2.51. The number of nitriles is 1. The Morgan fingerprint density at radius 3 is 2.23 bits per heavy atom. The van der Waals surface area contributed by atoms with E-state index in [1.807, 2.05) is 31.2 Å². The summed E-state index contributed by atoms with van der Waals surface area (Å²) in [6.45, 7) is 12.1. The number of hydrogen-bond acceptors (Lipinski definition) is 13. The average Bonchev–Trinajstić information content (AvgIpc) is 3.99. The normalized spacial score (nSPS) is 17.3. The zero-order valence-electron chi connectivity index (χ0n) is 40.3. The van der Waals surface area contributed by atoms with Crippen LogP contribution in [0.3, 0.4) is 0 Å². The number of aliphatic hydroxyl groups excluding tert-OH is 1. The molecule has 3 N–H and O–H groups in total. The van der Waals surface area contributed by atoms with Gasteiger partial charge in [0, 0.05) is 38.4 Å². The molecule has 6 rings (SSSR count). The second-order valence-electron chi connectivity index (χ2n) is 18.6. The van der Waals surface area contributed by atoms with Crippen molar-refractivity contribution in [1.82, 2.24) is 20.5 Å². The number of thiocarbonyl (C=S) groups is 1. The number of anilines is 2. The standard InChI is InChI=1S/C50H58F3N7O9S2/c1-31-42(71-30-56-31)33-10-8-32(9-11-33)27-55-44(63)40-25-37(61)28-58(40)45(64)43(48(2,3)4)57-41(62)29-68-21-20-66-18-7-19-67-22-23-69-38-16-14-35(15-17-38)60-47(70)59(46(65)49(60,5)6)36-13-12-34(26-54)39(24-36)50(51,52)53/h8-17,24,30,37,40,43,61H,7,18-23,25,27-29H2,1-6H3,(H,55,63)(H,57,62)/t37-,40+,43?/m1/s1. The molecular formula is C50H58F3N7O9S2. The minimum absolute atomic E-state index is 0.0177. The number of likely N-dealkylation sites (tertiary alicyclic amines) is 1. The first-order valence-electron chi connectivity index (χ1n) is 22.9. The van der Waals surface area contributed by atoms with Crippen molar-refractivity contribution >= 4 is 63.7 Å². The minimum atomic E-state index is -4.81. The lowest BCUT2D eigenvalue weighted by atomic mass is 9.85. The van der Waals surface area contributed by atoms with E-state index >= 15 is 0 Å². The summed E-state index contributed by atoms with van der Waals surface area (Å²) in [6.07, 6.45) is -5.05. The Morgan fingerprint density at radius 2 is 1.61 bits per heavy atom. The molecule has 1 unspecified atom stereocenters. The van der Waals surface area contributed by atoms with Crippen molar-refractivity contribution < 1.29 is 56.4 Å². The van der Waals surface area contributed by atoms with E-state index in [0.29, 0.717) is 31.1 Å². The molecule has 2 fully saturated rings. The van der Waals surface area contributed by atoms with Gasteiger partial charge in [-0.2, -0.15) is 18.4 Å². The highest BCUT2D eigenvalue weighted by Crippen LogP contribution is 2.40. The first-order chi connectivity index (χ1) is 33.6. The van der Waals surface area contributed by atoms with E-state index in [2.05, 4.69) is 15.6 Å². The summed E-state index contributed by atoms with van der Waals surface area (Å²) < 4.78 is 63.7. The van der Waals surface area contributed by atoms with Gasteiger partial charge >= 0.3 is 6.18 Å². The summed E-state index contributed by atoms with van der Waals surface area (Å²) in [5.74, 6) is -1.40. The second-order valence-corrected chi connectivity index (χ2v) is 19.8. The number of thiazole rings is 1. The first kappa shape index (κ1) is 54.3. The van der Waals surface area contributed by atoms with Crippen molar-refractivity contribution in [2.45, 2.75) is 90.8 Å². The molecule has 0 aliphatic carbocycles. The maximum atomic E-state index is 13.9. The number of aliphatic hydroxyl groups is 1. The Labute approximate surface area is 420 Å². The Bertz CT molecular complexity index is 2580. The molecule has 3 aromatic carbocycles. The topological polar surface area (TPSA) is 196 Å². The third kappa shape index (κ3) is 13.5. The number of aromatic nitrogens is 1. The number of β-amino-alcohol motifs (C(OH)–C–C–N with tert-alkyl or cyclic N) is 1. The average molecular weight is 1020 g/mol. The number of amides is 4. The maximum absolute atomic E-state index is 13.9. The molecule has 16 nitrogen and oxygen atoms in total. The molecule has 21 heteroatoms. The van der Waals surface area contributed by atoms with Gasteiger partial charge < -0.3 is 44.5 Å². The van der Waals surface area contributed by atoms with Gasteiger partial charge in [0.25, 0.3) is 5.91 Å². The van der Waals surface area contributed by atoms with Gasteiger partial charge in [-0.3, -0.25) is 24.1 Å². The molecule has 0 radical (unpaired) electrons. The lowest BCUT2D eigenvalue weighted by molar-refractivity contribution is -0.144. The van der Waals surface area contributed by atoms with Crippen LogP contribution in [0.25, 0.3) is 10.4 Å². The van der Waals surface area contributed by atoms with Crippen LogP contribution in [0.5, 0.6) is 5.75 Å². The number of carbonyl (C=O) groups excluding carboxylic acids is 4. The molecule has 4 amide bonds. The number of halogens is 3. The summed E-state index contributed by atoms with van der Waals surface area (Å²) >= 11 is 7.17. The Morgan fingerprint density at radius 1 is 0.958 bits per heavy atom. The molecule has 71 heavy (non-hydrogen) atoms. The molecule has 2 saturated heterocycles. The van der Waals surface area contributed by atoms with Gasteiger partial charge in [-0.25, -0.2) is 4.98 Å².